The van der Waals surface area contributed by atoms with Gasteiger partial charge in [-0.05, 0) is 31.9 Å². The summed E-state index contributed by atoms with van der Waals surface area (Å²) < 4.78 is 5.52. The summed E-state index contributed by atoms with van der Waals surface area (Å²) >= 11 is 0. The molecular weight excluding hydrogens is 264 g/mol. The minimum absolute atomic E-state index is 0.248. The predicted molar refractivity (Wildman–Crippen MR) is 84.9 cm³/mol. The van der Waals surface area contributed by atoms with Gasteiger partial charge in [0, 0.05) is 32.2 Å². The normalized spacial score (nSPS) is 26.3. The molecule has 0 N–H and O–H groups in total. The molecule has 0 radical (unpaired) electrons. The third-order valence-electron chi connectivity index (χ3n) is 3.94. The van der Waals surface area contributed by atoms with Crippen LogP contribution in [0.1, 0.15) is 19.8 Å². The SMILES string of the molecule is C=C\C=C(/C=C\C=C/C)OC(=O)N1CCN2CCC1CC2. The van der Waals surface area contributed by atoms with Gasteiger partial charge >= 0.3 is 6.09 Å². The molecule has 0 aromatic rings. The fourth-order valence-corrected chi connectivity index (χ4v) is 2.79. The van der Waals surface area contributed by atoms with Crippen molar-refractivity contribution < 1.29 is 9.53 Å². The van der Waals surface area contributed by atoms with E-state index >= 15 is 0 Å². The van der Waals surface area contributed by atoms with Crippen LogP contribution in [-0.4, -0.2) is 48.1 Å². The average Bonchev–Trinajstić information content (AvgIpc) is 2.81. The summed E-state index contributed by atoms with van der Waals surface area (Å²) in [6.45, 7) is 9.48. The summed E-state index contributed by atoms with van der Waals surface area (Å²) in [4.78, 5) is 16.7. The van der Waals surface area contributed by atoms with Crippen LogP contribution in [0.5, 0.6) is 0 Å². The molecule has 0 aromatic carbocycles. The van der Waals surface area contributed by atoms with Gasteiger partial charge in [0.2, 0.25) is 0 Å². The van der Waals surface area contributed by atoms with E-state index in [0.29, 0.717) is 11.8 Å². The van der Waals surface area contributed by atoms with Gasteiger partial charge in [-0.15, -0.1) is 0 Å². The van der Waals surface area contributed by atoms with Crippen LogP contribution in [0, 0.1) is 0 Å². The Balaban J connectivity index is 2.01. The quantitative estimate of drug-likeness (QED) is 0.588. The highest BCUT2D eigenvalue weighted by Crippen LogP contribution is 2.22. The van der Waals surface area contributed by atoms with E-state index in [-0.39, 0.29) is 6.09 Å². The van der Waals surface area contributed by atoms with Crippen LogP contribution in [0.15, 0.2) is 48.8 Å². The third-order valence-corrected chi connectivity index (χ3v) is 3.94. The Morgan fingerprint density at radius 1 is 1.19 bits per heavy atom. The van der Waals surface area contributed by atoms with Crippen LogP contribution in [0.25, 0.3) is 0 Å². The average molecular weight is 288 g/mol. The molecule has 0 atom stereocenters. The lowest BCUT2D eigenvalue weighted by atomic mass is 10.1. The van der Waals surface area contributed by atoms with Crippen LogP contribution < -0.4 is 0 Å². The molecular formula is C17H24N2O2. The number of carbonyl (C=O) groups excluding carboxylic acids is 1. The van der Waals surface area contributed by atoms with Gasteiger partial charge in [-0.1, -0.05) is 30.9 Å². The minimum Gasteiger partial charge on any atom is -0.410 e. The molecule has 114 valence electrons. The maximum atomic E-state index is 12.4. The molecule has 1 amide bonds. The zero-order chi connectivity index (χ0) is 15.1. The number of rotatable bonds is 4. The van der Waals surface area contributed by atoms with Gasteiger partial charge in [0.1, 0.15) is 5.76 Å². The molecule has 0 aliphatic carbocycles. The Kier molecular flexibility index (Phi) is 5.81. The first-order valence-electron chi connectivity index (χ1n) is 7.57. The molecule has 4 heteroatoms. The standard InChI is InChI=1S/C17H24N2O2/c1-3-5-6-8-16(7-4-2)21-17(20)19-14-13-18-11-9-15(19)10-12-18/h3-8,15H,2,9-14H2,1H3/b5-3-,8-6-,16-7+. The molecule has 21 heavy (non-hydrogen) atoms. The van der Waals surface area contributed by atoms with Gasteiger partial charge < -0.3 is 14.5 Å². The highest BCUT2D eigenvalue weighted by atomic mass is 16.6. The largest absolute Gasteiger partial charge is 0.415 e. The van der Waals surface area contributed by atoms with Crippen molar-refractivity contribution in [2.45, 2.75) is 25.8 Å². The molecule has 3 saturated heterocycles. The number of hydrogen-bond acceptors (Lipinski definition) is 3. The van der Waals surface area contributed by atoms with Gasteiger partial charge in [-0.2, -0.15) is 0 Å². The number of nitrogens with zero attached hydrogens (tertiary/aromatic N) is 2. The van der Waals surface area contributed by atoms with E-state index in [1.54, 1.807) is 18.2 Å². The van der Waals surface area contributed by atoms with E-state index in [4.69, 9.17) is 4.74 Å². The summed E-state index contributed by atoms with van der Waals surface area (Å²) in [5.41, 5.74) is 0. The van der Waals surface area contributed by atoms with Crippen molar-refractivity contribution in [3.8, 4) is 0 Å². The summed E-state index contributed by atoms with van der Waals surface area (Å²) in [6, 6.07) is 0.320. The van der Waals surface area contributed by atoms with Crippen LogP contribution in [0.4, 0.5) is 4.79 Å². The van der Waals surface area contributed by atoms with Crippen molar-refractivity contribution in [3.05, 3.63) is 48.8 Å². The molecule has 3 aliphatic heterocycles. The zero-order valence-electron chi connectivity index (χ0n) is 12.7. The summed E-state index contributed by atoms with van der Waals surface area (Å²) in [6.07, 6.45) is 12.6. The molecule has 4 nitrogen and oxygen atoms in total. The number of amides is 1. The number of fused-ring (bicyclic) bond motifs is 4. The second-order valence-electron chi connectivity index (χ2n) is 5.32. The summed E-state index contributed by atoms with van der Waals surface area (Å²) in [5.74, 6) is 0.521. The molecule has 3 heterocycles. The van der Waals surface area contributed by atoms with Crippen molar-refractivity contribution in [3.63, 3.8) is 0 Å². The maximum absolute atomic E-state index is 12.4. The van der Waals surface area contributed by atoms with E-state index in [1.165, 1.54) is 0 Å². The molecule has 0 saturated carbocycles. The van der Waals surface area contributed by atoms with Crippen molar-refractivity contribution in [1.82, 2.24) is 9.80 Å². The van der Waals surface area contributed by atoms with Gasteiger partial charge in [-0.25, -0.2) is 4.79 Å². The van der Waals surface area contributed by atoms with Crippen molar-refractivity contribution in [1.29, 1.82) is 0 Å². The van der Waals surface area contributed by atoms with E-state index < -0.39 is 0 Å². The Morgan fingerprint density at radius 2 is 1.95 bits per heavy atom. The lowest BCUT2D eigenvalue weighted by Crippen LogP contribution is -2.41. The van der Waals surface area contributed by atoms with E-state index in [0.717, 1.165) is 39.0 Å². The number of ether oxygens (including phenoxy) is 1. The topological polar surface area (TPSA) is 32.8 Å². The minimum atomic E-state index is -0.248. The number of carbonyl (C=O) groups is 1. The highest BCUT2D eigenvalue weighted by molar-refractivity contribution is 5.70. The van der Waals surface area contributed by atoms with Gasteiger partial charge in [0.25, 0.3) is 0 Å². The van der Waals surface area contributed by atoms with Crippen LogP contribution in [-0.2, 0) is 4.74 Å². The Labute approximate surface area is 127 Å². The molecule has 3 aliphatic rings. The molecule has 3 rings (SSSR count). The number of piperidine rings is 1. The first kappa shape index (κ1) is 15.6. The first-order chi connectivity index (χ1) is 10.2. The fraction of sp³-hybridized carbons (Fsp3) is 0.471. The maximum Gasteiger partial charge on any atom is 0.415 e. The monoisotopic (exact) mass is 288 g/mol. The first-order valence-corrected chi connectivity index (χ1v) is 7.57. The number of hydrogen-bond donors (Lipinski definition) is 0. The van der Waals surface area contributed by atoms with Crippen molar-refractivity contribution >= 4 is 6.09 Å². The smallest absolute Gasteiger partial charge is 0.410 e. The highest BCUT2D eigenvalue weighted by Gasteiger charge is 2.32. The van der Waals surface area contributed by atoms with Crippen LogP contribution in [0.3, 0.4) is 0 Å². The van der Waals surface area contributed by atoms with E-state index in [2.05, 4.69) is 11.5 Å². The lowest BCUT2D eigenvalue weighted by Gasteiger charge is -2.30. The third kappa shape index (κ3) is 4.33. The van der Waals surface area contributed by atoms with Crippen molar-refractivity contribution in [2.75, 3.05) is 26.2 Å². The van der Waals surface area contributed by atoms with E-state index in [1.807, 2.05) is 30.1 Å². The summed E-state index contributed by atoms with van der Waals surface area (Å²) in [7, 11) is 0. The number of allylic oxidation sites excluding steroid dienone is 6. The predicted octanol–water partition coefficient (Wildman–Crippen LogP) is 3.11. The molecule has 0 unspecified atom stereocenters. The van der Waals surface area contributed by atoms with Crippen LogP contribution in [0.2, 0.25) is 0 Å². The van der Waals surface area contributed by atoms with Gasteiger partial charge in [-0.3, -0.25) is 0 Å². The Morgan fingerprint density at radius 3 is 2.62 bits per heavy atom. The second kappa shape index (κ2) is 7.84. The molecule has 0 spiro atoms. The second-order valence-corrected chi connectivity index (χ2v) is 5.32. The molecule has 3 fully saturated rings. The molecule has 0 aromatic heterocycles. The van der Waals surface area contributed by atoms with Gasteiger partial charge in [0.15, 0.2) is 0 Å². The van der Waals surface area contributed by atoms with Crippen LogP contribution >= 0.6 is 0 Å². The Hall–Kier alpha value is -1.81. The van der Waals surface area contributed by atoms with E-state index in [9.17, 15) is 4.79 Å². The lowest BCUT2D eigenvalue weighted by molar-refractivity contribution is 0.112. The van der Waals surface area contributed by atoms with Crippen molar-refractivity contribution in [2.24, 2.45) is 0 Å². The molecule has 2 bridgehead atoms. The van der Waals surface area contributed by atoms with Gasteiger partial charge in [0.05, 0.1) is 0 Å². The summed E-state index contributed by atoms with van der Waals surface area (Å²) in [5, 5.41) is 0. The Bertz CT molecular complexity index is 457. The fourth-order valence-electron chi connectivity index (χ4n) is 2.79. The zero-order valence-corrected chi connectivity index (χ0v) is 12.7.